The van der Waals surface area contributed by atoms with Crippen molar-refractivity contribution in [2.45, 2.75) is 18.4 Å². The zero-order valence-electron chi connectivity index (χ0n) is 11.8. The summed E-state index contributed by atoms with van der Waals surface area (Å²) >= 11 is 2.53. The Morgan fingerprint density at radius 3 is 1.71 bits per heavy atom. The van der Waals surface area contributed by atoms with Crippen LogP contribution in [0.1, 0.15) is 16.7 Å². The van der Waals surface area contributed by atoms with Crippen LogP contribution in [0.25, 0.3) is 0 Å². The van der Waals surface area contributed by atoms with E-state index in [1.54, 1.807) is 7.11 Å². The molecule has 0 heterocycles. The predicted octanol–water partition coefficient (Wildman–Crippen LogP) is 3.41. The third-order valence-corrected chi connectivity index (χ3v) is 3.89. The zero-order chi connectivity index (χ0) is 14.4. The SMILES string of the molecule is Br.Br.COc1c(CSC(=N)N)cc(C)cc1CSC(=N)N. The summed E-state index contributed by atoms with van der Waals surface area (Å²) in [6.07, 6.45) is 0. The van der Waals surface area contributed by atoms with E-state index in [0.29, 0.717) is 11.5 Å². The zero-order valence-corrected chi connectivity index (χ0v) is 16.8. The van der Waals surface area contributed by atoms with E-state index in [2.05, 4.69) is 0 Å². The highest BCUT2D eigenvalue weighted by molar-refractivity contribution is 8.93. The maximum atomic E-state index is 7.27. The van der Waals surface area contributed by atoms with E-state index in [1.165, 1.54) is 23.5 Å². The lowest BCUT2D eigenvalue weighted by molar-refractivity contribution is 0.408. The molecule has 0 amide bonds. The molecule has 0 aromatic heterocycles. The normalized spacial score (nSPS) is 9.24. The minimum atomic E-state index is 0. The quantitative estimate of drug-likeness (QED) is 0.398. The number of aryl methyl sites for hydroxylation is 1. The van der Waals surface area contributed by atoms with Gasteiger partial charge in [-0.25, -0.2) is 0 Å². The number of thioether (sulfide) groups is 2. The molecular formula is C12H20Br2N4OS2. The van der Waals surface area contributed by atoms with Crippen LogP contribution in [0.2, 0.25) is 0 Å². The fraction of sp³-hybridized carbons (Fsp3) is 0.333. The van der Waals surface area contributed by atoms with Crippen molar-refractivity contribution in [1.29, 1.82) is 10.8 Å². The summed E-state index contributed by atoms with van der Waals surface area (Å²) in [5.41, 5.74) is 13.8. The van der Waals surface area contributed by atoms with Gasteiger partial charge in [-0.15, -0.1) is 34.0 Å². The molecule has 0 unspecified atom stereocenters. The Bertz CT molecular complexity index is 461. The number of methoxy groups -OCH3 is 1. The molecule has 0 saturated heterocycles. The van der Waals surface area contributed by atoms with Crippen molar-refractivity contribution in [3.05, 3.63) is 28.8 Å². The third-order valence-electron chi connectivity index (χ3n) is 2.36. The van der Waals surface area contributed by atoms with Gasteiger partial charge in [0.1, 0.15) is 5.75 Å². The second kappa shape index (κ2) is 11.2. The number of halogens is 2. The highest BCUT2D eigenvalue weighted by Crippen LogP contribution is 2.31. The van der Waals surface area contributed by atoms with Crippen molar-refractivity contribution in [2.24, 2.45) is 11.5 Å². The van der Waals surface area contributed by atoms with Crippen LogP contribution < -0.4 is 16.2 Å². The molecule has 1 aromatic carbocycles. The van der Waals surface area contributed by atoms with Gasteiger partial charge < -0.3 is 16.2 Å². The molecular weight excluding hydrogens is 440 g/mol. The summed E-state index contributed by atoms with van der Waals surface area (Å²) < 4.78 is 5.45. The molecule has 0 aliphatic carbocycles. The van der Waals surface area contributed by atoms with Crippen LogP contribution in [0, 0.1) is 17.7 Å². The Morgan fingerprint density at radius 1 is 1.05 bits per heavy atom. The number of amidine groups is 2. The van der Waals surface area contributed by atoms with Gasteiger partial charge in [-0.05, 0) is 6.92 Å². The van der Waals surface area contributed by atoms with E-state index < -0.39 is 0 Å². The summed E-state index contributed by atoms with van der Waals surface area (Å²) in [5.74, 6) is 1.98. The average molecular weight is 460 g/mol. The number of ether oxygens (including phenoxy) is 1. The average Bonchev–Trinajstić information content (AvgIpc) is 2.33. The Balaban J connectivity index is 0. The Kier molecular flexibility index (Phi) is 12.2. The molecule has 0 atom stereocenters. The van der Waals surface area contributed by atoms with Gasteiger partial charge in [-0.2, -0.15) is 0 Å². The molecule has 0 radical (unpaired) electrons. The maximum Gasteiger partial charge on any atom is 0.151 e. The van der Waals surface area contributed by atoms with E-state index >= 15 is 0 Å². The van der Waals surface area contributed by atoms with E-state index in [0.717, 1.165) is 22.4 Å². The van der Waals surface area contributed by atoms with Crippen LogP contribution in [0.3, 0.4) is 0 Å². The number of hydrogen-bond donors (Lipinski definition) is 4. The second-order valence-corrected chi connectivity index (χ2v) is 5.96. The lowest BCUT2D eigenvalue weighted by Crippen LogP contribution is -2.06. The topological polar surface area (TPSA) is 109 Å². The van der Waals surface area contributed by atoms with Crippen LogP contribution >= 0.6 is 57.5 Å². The smallest absolute Gasteiger partial charge is 0.151 e. The van der Waals surface area contributed by atoms with Crippen molar-refractivity contribution >= 4 is 67.8 Å². The molecule has 9 heteroatoms. The minimum Gasteiger partial charge on any atom is -0.496 e. The molecule has 0 aliphatic heterocycles. The molecule has 1 aromatic rings. The van der Waals surface area contributed by atoms with Gasteiger partial charge in [0, 0.05) is 22.6 Å². The van der Waals surface area contributed by atoms with Gasteiger partial charge in [0.15, 0.2) is 10.3 Å². The van der Waals surface area contributed by atoms with Crippen molar-refractivity contribution in [2.75, 3.05) is 7.11 Å². The van der Waals surface area contributed by atoms with Gasteiger partial charge >= 0.3 is 0 Å². The molecule has 120 valence electrons. The minimum absolute atomic E-state index is 0. The Hall–Kier alpha value is -0.380. The molecule has 5 nitrogen and oxygen atoms in total. The summed E-state index contributed by atoms with van der Waals surface area (Å²) in [6, 6.07) is 4.05. The van der Waals surface area contributed by atoms with Crippen molar-refractivity contribution in [1.82, 2.24) is 0 Å². The van der Waals surface area contributed by atoms with Crippen LogP contribution in [0.4, 0.5) is 0 Å². The van der Waals surface area contributed by atoms with Crippen molar-refractivity contribution in [3.63, 3.8) is 0 Å². The first kappa shape index (κ1) is 22.9. The van der Waals surface area contributed by atoms with Gasteiger partial charge in [-0.3, -0.25) is 10.8 Å². The lowest BCUT2D eigenvalue weighted by atomic mass is 10.1. The van der Waals surface area contributed by atoms with Crippen LogP contribution in [-0.4, -0.2) is 17.4 Å². The molecule has 0 aliphatic rings. The number of nitrogens with one attached hydrogen (secondary N) is 2. The van der Waals surface area contributed by atoms with Gasteiger partial charge in [-0.1, -0.05) is 41.2 Å². The summed E-state index contributed by atoms with van der Waals surface area (Å²) in [7, 11) is 1.62. The molecule has 21 heavy (non-hydrogen) atoms. The predicted molar refractivity (Wildman–Crippen MR) is 105 cm³/mol. The van der Waals surface area contributed by atoms with E-state index in [-0.39, 0.29) is 44.3 Å². The van der Waals surface area contributed by atoms with Gasteiger partial charge in [0.05, 0.1) is 7.11 Å². The standard InChI is InChI=1S/C12H18N4OS2.2BrH/c1-7-3-8(5-18-11(13)14)10(17-2)9(4-7)6-19-12(15)16;;/h3-4H,5-6H2,1-2H3,(H3,13,14)(H3,15,16);2*1H. The summed E-state index contributed by atoms with van der Waals surface area (Å²) in [5, 5.41) is 14.7. The number of hydrogen-bond acceptors (Lipinski definition) is 5. The fourth-order valence-electron chi connectivity index (χ4n) is 1.72. The number of rotatable bonds is 5. The highest BCUT2D eigenvalue weighted by atomic mass is 79.9. The first-order valence-electron chi connectivity index (χ1n) is 5.54. The molecule has 6 N–H and O–H groups in total. The molecule has 0 bridgehead atoms. The van der Waals surface area contributed by atoms with Gasteiger partial charge in [0.25, 0.3) is 0 Å². The molecule has 1 rings (SSSR count). The van der Waals surface area contributed by atoms with Crippen LogP contribution in [-0.2, 0) is 11.5 Å². The Labute approximate surface area is 154 Å². The van der Waals surface area contributed by atoms with E-state index in [4.69, 9.17) is 27.0 Å². The van der Waals surface area contributed by atoms with Crippen molar-refractivity contribution in [3.8, 4) is 5.75 Å². The van der Waals surface area contributed by atoms with Gasteiger partial charge in [0.2, 0.25) is 0 Å². The molecule has 0 spiro atoms. The first-order valence-corrected chi connectivity index (χ1v) is 7.51. The third kappa shape index (κ3) is 7.98. The monoisotopic (exact) mass is 458 g/mol. The summed E-state index contributed by atoms with van der Waals surface area (Å²) in [4.78, 5) is 0. The largest absolute Gasteiger partial charge is 0.496 e. The summed E-state index contributed by atoms with van der Waals surface area (Å²) in [6.45, 7) is 2.00. The second-order valence-electron chi connectivity index (χ2n) is 3.92. The van der Waals surface area contributed by atoms with Crippen LogP contribution in [0.15, 0.2) is 12.1 Å². The fourth-order valence-corrected chi connectivity index (χ4v) is 2.77. The highest BCUT2D eigenvalue weighted by Gasteiger charge is 2.12. The lowest BCUT2D eigenvalue weighted by Gasteiger charge is -2.14. The van der Waals surface area contributed by atoms with Crippen LogP contribution in [0.5, 0.6) is 5.75 Å². The first-order chi connectivity index (χ1) is 8.93. The maximum absolute atomic E-state index is 7.27. The molecule has 0 fully saturated rings. The number of nitrogens with two attached hydrogens (primary N) is 2. The van der Waals surface area contributed by atoms with Crippen molar-refractivity contribution < 1.29 is 4.74 Å². The van der Waals surface area contributed by atoms with E-state index in [9.17, 15) is 0 Å². The van der Waals surface area contributed by atoms with E-state index in [1.807, 2.05) is 19.1 Å². The Morgan fingerprint density at radius 2 is 1.43 bits per heavy atom. The molecule has 0 saturated carbocycles. The number of benzene rings is 1.